The van der Waals surface area contributed by atoms with Crippen LogP contribution in [0, 0.1) is 6.92 Å². The standard InChI is InChI=1S/C13H12ClF3O/c1-3-4-5-9-6-8(2)10(12(14)18)7-11(9)13(15,16)17/h3-4,6-7H,5H2,1-2H3. The van der Waals surface area contributed by atoms with Crippen LogP contribution in [0.2, 0.25) is 0 Å². The number of carbonyl (C=O) groups excluding carboxylic acids is 1. The molecule has 0 aliphatic rings. The van der Waals surface area contributed by atoms with Crippen molar-refractivity contribution in [1.29, 1.82) is 0 Å². The molecule has 0 saturated carbocycles. The van der Waals surface area contributed by atoms with Crippen molar-refractivity contribution in [2.75, 3.05) is 0 Å². The van der Waals surface area contributed by atoms with Crippen molar-refractivity contribution in [3.63, 3.8) is 0 Å². The molecular formula is C13H12ClF3O. The maximum Gasteiger partial charge on any atom is 0.416 e. The number of allylic oxidation sites excluding steroid dienone is 2. The van der Waals surface area contributed by atoms with Crippen molar-refractivity contribution in [3.8, 4) is 0 Å². The van der Waals surface area contributed by atoms with Crippen LogP contribution >= 0.6 is 11.6 Å². The van der Waals surface area contributed by atoms with E-state index in [1.807, 2.05) is 0 Å². The fourth-order valence-electron chi connectivity index (χ4n) is 1.66. The predicted molar refractivity (Wildman–Crippen MR) is 64.9 cm³/mol. The number of halogens is 4. The Morgan fingerprint density at radius 2 is 2.00 bits per heavy atom. The molecular weight excluding hydrogens is 265 g/mol. The molecule has 0 aliphatic heterocycles. The highest BCUT2D eigenvalue weighted by Crippen LogP contribution is 2.34. The number of rotatable bonds is 3. The SMILES string of the molecule is CC=CCc1cc(C)c(C(=O)Cl)cc1C(F)(F)F. The van der Waals surface area contributed by atoms with Crippen LogP contribution in [0.25, 0.3) is 0 Å². The summed E-state index contributed by atoms with van der Waals surface area (Å²) < 4.78 is 38.6. The van der Waals surface area contributed by atoms with Gasteiger partial charge in [-0.25, -0.2) is 0 Å². The predicted octanol–water partition coefficient (Wildman–Crippen LogP) is 4.51. The fourth-order valence-corrected chi connectivity index (χ4v) is 1.86. The zero-order valence-electron chi connectivity index (χ0n) is 9.94. The molecule has 0 saturated heterocycles. The van der Waals surface area contributed by atoms with Crippen LogP contribution in [0.4, 0.5) is 13.2 Å². The molecule has 0 fully saturated rings. The minimum absolute atomic E-state index is 0.104. The second kappa shape index (κ2) is 5.57. The Morgan fingerprint density at radius 1 is 1.39 bits per heavy atom. The third-order valence-corrected chi connectivity index (χ3v) is 2.74. The summed E-state index contributed by atoms with van der Waals surface area (Å²) in [7, 11) is 0. The van der Waals surface area contributed by atoms with Gasteiger partial charge in [0.25, 0.3) is 5.24 Å². The Morgan fingerprint density at radius 3 is 2.44 bits per heavy atom. The van der Waals surface area contributed by atoms with Crippen LogP contribution in [0.1, 0.15) is 34.0 Å². The molecule has 0 unspecified atom stereocenters. The Balaban J connectivity index is 3.42. The minimum atomic E-state index is -4.49. The van der Waals surface area contributed by atoms with Gasteiger partial charge in [0, 0.05) is 5.56 Å². The maximum atomic E-state index is 12.9. The van der Waals surface area contributed by atoms with Gasteiger partial charge in [0.2, 0.25) is 0 Å². The molecule has 0 atom stereocenters. The summed E-state index contributed by atoms with van der Waals surface area (Å²) in [5.41, 5.74) is -0.328. The third kappa shape index (κ3) is 3.35. The van der Waals surface area contributed by atoms with Crippen molar-refractivity contribution >= 4 is 16.8 Å². The maximum absolute atomic E-state index is 12.9. The highest BCUT2D eigenvalue weighted by Gasteiger charge is 2.34. The van der Waals surface area contributed by atoms with Gasteiger partial charge in [0.05, 0.1) is 5.56 Å². The monoisotopic (exact) mass is 276 g/mol. The van der Waals surface area contributed by atoms with Crippen molar-refractivity contribution in [2.45, 2.75) is 26.4 Å². The van der Waals surface area contributed by atoms with Crippen molar-refractivity contribution in [1.82, 2.24) is 0 Å². The van der Waals surface area contributed by atoms with Crippen LogP contribution < -0.4 is 0 Å². The summed E-state index contributed by atoms with van der Waals surface area (Å²) in [5.74, 6) is 0. The first-order valence-corrected chi connectivity index (χ1v) is 5.67. The van der Waals surface area contributed by atoms with Crippen LogP contribution in [-0.2, 0) is 12.6 Å². The largest absolute Gasteiger partial charge is 0.416 e. The second-order valence-electron chi connectivity index (χ2n) is 3.87. The van der Waals surface area contributed by atoms with E-state index >= 15 is 0 Å². The van der Waals surface area contributed by atoms with E-state index < -0.39 is 17.0 Å². The third-order valence-electron chi connectivity index (χ3n) is 2.54. The zero-order chi connectivity index (χ0) is 13.9. The summed E-state index contributed by atoms with van der Waals surface area (Å²) in [4.78, 5) is 11.1. The molecule has 0 aliphatic carbocycles. The van der Waals surface area contributed by atoms with E-state index in [1.165, 1.54) is 6.07 Å². The molecule has 0 radical (unpaired) electrons. The van der Waals surface area contributed by atoms with E-state index in [-0.39, 0.29) is 17.5 Å². The van der Waals surface area contributed by atoms with Crippen molar-refractivity contribution < 1.29 is 18.0 Å². The van der Waals surface area contributed by atoms with Gasteiger partial charge in [-0.1, -0.05) is 18.2 Å². The molecule has 0 spiro atoms. The normalized spacial score (nSPS) is 12.1. The Labute approximate surface area is 108 Å². The van der Waals surface area contributed by atoms with E-state index in [9.17, 15) is 18.0 Å². The Hall–Kier alpha value is -1.29. The van der Waals surface area contributed by atoms with E-state index in [4.69, 9.17) is 11.6 Å². The molecule has 0 bridgehead atoms. The lowest BCUT2D eigenvalue weighted by Gasteiger charge is -2.14. The number of hydrogen-bond donors (Lipinski definition) is 0. The first-order chi connectivity index (χ1) is 8.27. The molecule has 1 rings (SSSR count). The highest BCUT2D eigenvalue weighted by molar-refractivity contribution is 6.67. The first kappa shape index (κ1) is 14.8. The van der Waals surface area contributed by atoms with Crippen LogP contribution in [0.15, 0.2) is 24.3 Å². The molecule has 5 heteroatoms. The van der Waals surface area contributed by atoms with Crippen molar-refractivity contribution in [2.24, 2.45) is 0 Å². The topological polar surface area (TPSA) is 17.1 Å². The first-order valence-electron chi connectivity index (χ1n) is 5.29. The number of alkyl halides is 3. The average Bonchev–Trinajstić information content (AvgIpc) is 2.23. The molecule has 98 valence electrons. The quantitative estimate of drug-likeness (QED) is 0.586. The Kier molecular flexibility index (Phi) is 4.57. The van der Waals surface area contributed by atoms with Crippen molar-refractivity contribution in [3.05, 3.63) is 46.5 Å². The Bertz CT molecular complexity index is 490. The van der Waals surface area contributed by atoms with E-state index in [0.717, 1.165) is 6.07 Å². The minimum Gasteiger partial charge on any atom is -0.276 e. The van der Waals surface area contributed by atoms with Gasteiger partial charge in [0.1, 0.15) is 0 Å². The highest BCUT2D eigenvalue weighted by atomic mass is 35.5. The van der Waals surface area contributed by atoms with Gasteiger partial charge in [-0.3, -0.25) is 4.79 Å². The lowest BCUT2D eigenvalue weighted by molar-refractivity contribution is -0.138. The summed E-state index contributed by atoms with van der Waals surface area (Å²) in [6, 6.07) is 2.18. The van der Waals surface area contributed by atoms with Gasteiger partial charge >= 0.3 is 6.18 Å². The summed E-state index contributed by atoms with van der Waals surface area (Å²) in [6.07, 6.45) is -1.02. The molecule has 0 N–H and O–H groups in total. The van der Waals surface area contributed by atoms with Crippen LogP contribution in [0.5, 0.6) is 0 Å². The van der Waals surface area contributed by atoms with E-state index in [2.05, 4.69) is 0 Å². The zero-order valence-corrected chi connectivity index (χ0v) is 10.7. The number of hydrogen-bond acceptors (Lipinski definition) is 1. The van der Waals surface area contributed by atoms with E-state index in [0.29, 0.717) is 5.56 Å². The molecule has 1 aromatic rings. The van der Waals surface area contributed by atoms with Crippen LogP contribution in [0.3, 0.4) is 0 Å². The van der Waals surface area contributed by atoms with Gasteiger partial charge in [-0.2, -0.15) is 13.2 Å². The lowest BCUT2D eigenvalue weighted by Crippen LogP contribution is -2.11. The van der Waals surface area contributed by atoms with Gasteiger partial charge in [-0.15, -0.1) is 0 Å². The average molecular weight is 277 g/mol. The number of carbonyl (C=O) groups is 1. The fraction of sp³-hybridized carbons (Fsp3) is 0.308. The number of aryl methyl sites for hydroxylation is 1. The lowest BCUT2D eigenvalue weighted by atomic mass is 9.97. The number of benzene rings is 1. The summed E-state index contributed by atoms with van der Waals surface area (Å²) in [5, 5.41) is -0.879. The molecule has 0 heterocycles. The van der Waals surface area contributed by atoms with E-state index in [1.54, 1.807) is 26.0 Å². The van der Waals surface area contributed by atoms with Gasteiger partial charge in [0.15, 0.2) is 0 Å². The molecule has 0 amide bonds. The summed E-state index contributed by atoms with van der Waals surface area (Å²) >= 11 is 5.27. The second-order valence-corrected chi connectivity index (χ2v) is 4.21. The molecule has 1 nitrogen and oxygen atoms in total. The molecule has 1 aromatic carbocycles. The molecule has 18 heavy (non-hydrogen) atoms. The summed E-state index contributed by atoms with van der Waals surface area (Å²) in [6.45, 7) is 3.30. The van der Waals surface area contributed by atoms with Gasteiger partial charge < -0.3 is 0 Å². The van der Waals surface area contributed by atoms with Crippen LogP contribution in [-0.4, -0.2) is 5.24 Å². The van der Waals surface area contributed by atoms with Gasteiger partial charge in [-0.05, 0) is 49.1 Å². The molecule has 0 aromatic heterocycles. The smallest absolute Gasteiger partial charge is 0.276 e.